The number of aromatic nitrogens is 2. The zero-order chi connectivity index (χ0) is 19.8. The Morgan fingerprint density at radius 2 is 1.54 bits per heavy atom. The van der Waals surface area contributed by atoms with Crippen molar-refractivity contribution in [1.82, 2.24) is 9.97 Å². The first-order valence-electron chi connectivity index (χ1n) is 7.29. The molecule has 2 heterocycles. The van der Waals surface area contributed by atoms with Crippen molar-refractivity contribution in [3.63, 3.8) is 0 Å². The SMILES string of the molecule is CC.O=C(O)c1cc(C(=O)O)c2c(n1)C(=O)C(=O)c1cc(C(=O)O)[nH]c1-2. The molecule has 0 bridgehead atoms. The van der Waals surface area contributed by atoms with E-state index in [0.29, 0.717) is 0 Å². The van der Waals surface area contributed by atoms with E-state index in [9.17, 15) is 29.1 Å². The lowest BCUT2D eigenvalue weighted by Gasteiger charge is -2.16. The van der Waals surface area contributed by atoms with Gasteiger partial charge in [-0.2, -0.15) is 0 Å². The number of rotatable bonds is 3. The largest absolute Gasteiger partial charge is 0.478 e. The van der Waals surface area contributed by atoms with E-state index in [1.165, 1.54) is 0 Å². The minimum atomic E-state index is -1.58. The van der Waals surface area contributed by atoms with E-state index in [0.717, 1.165) is 12.1 Å². The fraction of sp³-hybridized carbons (Fsp3) is 0.125. The normalized spacial score (nSPS) is 11.8. The number of nitrogens with one attached hydrogen (secondary N) is 1. The summed E-state index contributed by atoms with van der Waals surface area (Å²) in [7, 11) is 0. The van der Waals surface area contributed by atoms with Gasteiger partial charge < -0.3 is 20.3 Å². The van der Waals surface area contributed by atoms with Crippen molar-refractivity contribution in [2.24, 2.45) is 0 Å². The molecule has 0 spiro atoms. The Hall–Kier alpha value is -3.82. The molecule has 0 amide bonds. The third kappa shape index (κ3) is 2.73. The molecule has 0 atom stereocenters. The van der Waals surface area contributed by atoms with Crippen molar-refractivity contribution in [2.45, 2.75) is 13.8 Å². The van der Waals surface area contributed by atoms with Crippen molar-refractivity contribution in [2.75, 3.05) is 0 Å². The highest BCUT2D eigenvalue weighted by atomic mass is 16.4. The summed E-state index contributed by atoms with van der Waals surface area (Å²) in [5, 5.41) is 27.3. The van der Waals surface area contributed by atoms with Crippen LogP contribution in [0.2, 0.25) is 0 Å². The van der Waals surface area contributed by atoms with Crippen LogP contribution in [0.15, 0.2) is 12.1 Å². The molecule has 2 aromatic rings. The number of carbonyl (C=O) groups excluding carboxylic acids is 2. The molecule has 1 aliphatic carbocycles. The van der Waals surface area contributed by atoms with Gasteiger partial charge in [0.2, 0.25) is 5.78 Å². The van der Waals surface area contributed by atoms with Crippen LogP contribution in [-0.2, 0) is 0 Å². The van der Waals surface area contributed by atoms with Gasteiger partial charge in [0.15, 0.2) is 0 Å². The number of aromatic amines is 1. The number of fused-ring (bicyclic) bond motifs is 3. The number of Topliss-reactive ketones (excluding diaryl/α,β-unsaturated/α-hetero) is 2. The molecule has 0 saturated heterocycles. The second-order valence-corrected chi connectivity index (χ2v) is 4.82. The average molecular weight is 360 g/mol. The van der Waals surface area contributed by atoms with Gasteiger partial charge in [-0.15, -0.1) is 0 Å². The van der Waals surface area contributed by atoms with Gasteiger partial charge in [-0.1, -0.05) is 13.8 Å². The molecule has 0 saturated carbocycles. The number of nitrogens with zero attached hydrogens (tertiary/aromatic N) is 1. The maximum atomic E-state index is 12.1. The van der Waals surface area contributed by atoms with Crippen LogP contribution in [0.4, 0.5) is 0 Å². The highest BCUT2D eigenvalue weighted by molar-refractivity contribution is 6.52. The number of hydrogen-bond donors (Lipinski definition) is 4. The Labute approximate surface area is 145 Å². The summed E-state index contributed by atoms with van der Waals surface area (Å²) in [5.41, 5.74) is -3.21. The smallest absolute Gasteiger partial charge is 0.354 e. The molecule has 10 heteroatoms. The highest BCUT2D eigenvalue weighted by Gasteiger charge is 2.38. The third-order valence-electron chi connectivity index (χ3n) is 3.43. The van der Waals surface area contributed by atoms with Gasteiger partial charge in [0.1, 0.15) is 17.1 Å². The predicted octanol–water partition coefficient (Wildman–Crippen LogP) is 1.58. The molecule has 0 aliphatic heterocycles. The monoisotopic (exact) mass is 360 g/mol. The van der Waals surface area contributed by atoms with Crippen LogP contribution in [-0.4, -0.2) is 54.8 Å². The predicted molar refractivity (Wildman–Crippen MR) is 84.9 cm³/mol. The summed E-state index contributed by atoms with van der Waals surface area (Å²) in [6, 6.07) is 1.65. The van der Waals surface area contributed by atoms with Crippen molar-refractivity contribution >= 4 is 29.5 Å². The van der Waals surface area contributed by atoms with Gasteiger partial charge in [-0.05, 0) is 12.1 Å². The highest BCUT2D eigenvalue weighted by Crippen LogP contribution is 2.35. The molecule has 0 unspecified atom stereocenters. The molecule has 3 rings (SSSR count). The number of ketones is 2. The van der Waals surface area contributed by atoms with Crippen LogP contribution in [0.3, 0.4) is 0 Å². The minimum absolute atomic E-state index is 0.200. The molecule has 4 N–H and O–H groups in total. The number of carboxylic acid groups (broad SMARTS) is 3. The maximum absolute atomic E-state index is 12.1. The van der Waals surface area contributed by atoms with E-state index >= 15 is 0 Å². The van der Waals surface area contributed by atoms with Gasteiger partial charge >= 0.3 is 17.9 Å². The van der Waals surface area contributed by atoms with E-state index < -0.39 is 52.1 Å². The average Bonchev–Trinajstić information content (AvgIpc) is 3.06. The van der Waals surface area contributed by atoms with Crippen LogP contribution < -0.4 is 0 Å². The number of aromatic carboxylic acids is 3. The van der Waals surface area contributed by atoms with Crippen molar-refractivity contribution < 1.29 is 39.3 Å². The topological polar surface area (TPSA) is 175 Å². The van der Waals surface area contributed by atoms with Crippen LogP contribution in [0.1, 0.15) is 66.0 Å². The Kier molecular flexibility index (Phi) is 4.69. The van der Waals surface area contributed by atoms with Crippen molar-refractivity contribution in [1.29, 1.82) is 0 Å². The van der Waals surface area contributed by atoms with E-state index in [1.807, 2.05) is 13.8 Å². The van der Waals surface area contributed by atoms with Crippen LogP contribution in [0, 0.1) is 0 Å². The summed E-state index contributed by atoms with van der Waals surface area (Å²) >= 11 is 0. The summed E-state index contributed by atoms with van der Waals surface area (Å²) in [4.78, 5) is 63.7. The van der Waals surface area contributed by atoms with Gasteiger partial charge in [0.25, 0.3) is 5.78 Å². The zero-order valence-corrected chi connectivity index (χ0v) is 13.5. The number of hydrogen-bond acceptors (Lipinski definition) is 6. The Balaban J connectivity index is 0.00000117. The summed E-state index contributed by atoms with van der Waals surface area (Å²) in [6.45, 7) is 4.00. The molecule has 134 valence electrons. The number of carboxylic acids is 3. The third-order valence-corrected chi connectivity index (χ3v) is 3.43. The Bertz CT molecular complexity index is 986. The summed E-state index contributed by atoms with van der Waals surface area (Å²) < 4.78 is 0. The first kappa shape index (κ1) is 18.5. The minimum Gasteiger partial charge on any atom is -0.478 e. The fourth-order valence-corrected chi connectivity index (χ4v) is 2.42. The first-order chi connectivity index (χ1) is 12.2. The summed E-state index contributed by atoms with van der Waals surface area (Å²) in [6.07, 6.45) is 0. The second kappa shape index (κ2) is 6.59. The lowest BCUT2D eigenvalue weighted by atomic mass is 9.88. The number of carbonyl (C=O) groups is 5. The lowest BCUT2D eigenvalue weighted by Crippen LogP contribution is -2.25. The molecule has 10 nitrogen and oxygen atoms in total. The zero-order valence-electron chi connectivity index (χ0n) is 13.5. The van der Waals surface area contributed by atoms with Crippen LogP contribution in [0.25, 0.3) is 11.3 Å². The quantitative estimate of drug-likeness (QED) is 0.592. The van der Waals surface area contributed by atoms with Crippen LogP contribution in [0.5, 0.6) is 0 Å². The van der Waals surface area contributed by atoms with Gasteiger partial charge in [0.05, 0.1) is 16.8 Å². The molecular formula is C16H12N2O8. The van der Waals surface area contributed by atoms with Crippen molar-refractivity contribution in [3.05, 3.63) is 40.3 Å². The molecule has 0 aromatic carbocycles. The van der Waals surface area contributed by atoms with E-state index in [-0.39, 0.29) is 16.8 Å². The van der Waals surface area contributed by atoms with Crippen molar-refractivity contribution in [3.8, 4) is 11.3 Å². The molecule has 2 aromatic heterocycles. The number of H-pyrrole nitrogens is 1. The van der Waals surface area contributed by atoms with Crippen LogP contribution >= 0.6 is 0 Å². The van der Waals surface area contributed by atoms with E-state index in [1.54, 1.807) is 0 Å². The standard InChI is InChI=1S/C14H6N2O8.C2H6/c17-10-4-2-6(14(23)24)15-8(4)7-3(12(19)20)1-5(13(21)22)16-9(7)11(10)18;1-2/h1-2,15H,(H,19,20)(H,21,22)(H,23,24);1-2H3. The molecule has 0 radical (unpaired) electrons. The second-order valence-electron chi connectivity index (χ2n) is 4.82. The fourth-order valence-electron chi connectivity index (χ4n) is 2.42. The Morgan fingerprint density at radius 3 is 2.04 bits per heavy atom. The van der Waals surface area contributed by atoms with Gasteiger partial charge in [0, 0.05) is 5.56 Å². The van der Waals surface area contributed by atoms with E-state index in [4.69, 9.17) is 10.2 Å². The van der Waals surface area contributed by atoms with Gasteiger partial charge in [-0.3, -0.25) is 9.59 Å². The molecular weight excluding hydrogens is 348 g/mol. The molecule has 0 fully saturated rings. The van der Waals surface area contributed by atoms with E-state index in [2.05, 4.69) is 9.97 Å². The maximum Gasteiger partial charge on any atom is 0.354 e. The molecule has 1 aliphatic rings. The number of pyridine rings is 1. The Morgan fingerprint density at radius 1 is 0.923 bits per heavy atom. The first-order valence-corrected chi connectivity index (χ1v) is 7.29. The summed E-state index contributed by atoms with van der Waals surface area (Å²) in [5.74, 6) is -6.87. The molecule has 26 heavy (non-hydrogen) atoms. The van der Waals surface area contributed by atoms with Gasteiger partial charge in [-0.25, -0.2) is 19.4 Å². The lowest BCUT2D eigenvalue weighted by molar-refractivity contribution is 0.0677.